The summed E-state index contributed by atoms with van der Waals surface area (Å²) < 4.78 is 60.1. The fourth-order valence-corrected chi connectivity index (χ4v) is 7.45. The fourth-order valence-electron chi connectivity index (χ4n) is 6.41. The van der Waals surface area contributed by atoms with E-state index in [0.29, 0.717) is 36.9 Å². The molecule has 0 radical (unpaired) electrons. The molecule has 326 valence electrons. The average Bonchev–Trinajstić information content (AvgIpc) is 3.86. The van der Waals surface area contributed by atoms with Crippen molar-refractivity contribution >= 4 is 21.9 Å². The normalized spacial score (nSPS) is 10.9. The van der Waals surface area contributed by atoms with E-state index in [-0.39, 0.29) is 24.2 Å². The van der Waals surface area contributed by atoms with Gasteiger partial charge < -0.3 is 32.9 Å². The molecule has 63 heavy (non-hydrogen) atoms. The van der Waals surface area contributed by atoms with E-state index in [0.717, 1.165) is 62.1 Å². The van der Waals surface area contributed by atoms with E-state index in [1.54, 1.807) is 32.4 Å². The lowest BCUT2D eigenvalue weighted by Gasteiger charge is -2.07. The molecule has 0 fully saturated rings. The highest BCUT2D eigenvalue weighted by Crippen LogP contribution is 2.28. The van der Waals surface area contributed by atoms with Gasteiger partial charge in [-0.05, 0) is 109 Å². The highest BCUT2D eigenvalue weighted by atomic mass is 32.2. The number of benzene rings is 5. The van der Waals surface area contributed by atoms with Gasteiger partial charge in [0.25, 0.3) is 10.0 Å². The molecule has 2 N–H and O–H groups in total. The van der Waals surface area contributed by atoms with Crippen LogP contribution in [0, 0.1) is 13.8 Å². The van der Waals surface area contributed by atoms with E-state index in [1.165, 1.54) is 12.1 Å². The summed E-state index contributed by atoms with van der Waals surface area (Å²) in [5, 5.41) is 8.76. The number of carbonyl (C=O) groups is 2. The molecule has 0 aliphatic heterocycles. The van der Waals surface area contributed by atoms with Crippen LogP contribution in [0.3, 0.4) is 0 Å². The van der Waals surface area contributed by atoms with Crippen LogP contribution >= 0.6 is 0 Å². The van der Waals surface area contributed by atoms with Crippen molar-refractivity contribution in [2.24, 2.45) is 0 Å². The SMILES string of the molecule is COc1ccc(-c2ccc(OCc3cc(CCC(=O)NS(=O)(=O)c4ccccc4)oc3C)cc2)cc1.COc1ccc(-c2ccc(OCc3cc(CCC(=O)O)oc3C)cc2)cc1. The Balaban J connectivity index is 0.000000219. The van der Waals surface area contributed by atoms with E-state index in [4.69, 9.17) is 32.9 Å². The molecule has 0 bridgehead atoms. The van der Waals surface area contributed by atoms with Gasteiger partial charge in [-0.2, -0.15) is 0 Å². The minimum atomic E-state index is -3.89. The summed E-state index contributed by atoms with van der Waals surface area (Å²) in [6.07, 6.45) is 0.687. The maximum Gasteiger partial charge on any atom is 0.303 e. The van der Waals surface area contributed by atoms with Crippen LogP contribution in [0.5, 0.6) is 23.0 Å². The molecule has 0 atom stereocenters. The van der Waals surface area contributed by atoms with Crippen LogP contribution < -0.4 is 23.7 Å². The molecule has 0 saturated heterocycles. The first-order valence-electron chi connectivity index (χ1n) is 20.1. The number of aryl methyl sites for hydroxylation is 4. The molecule has 7 rings (SSSR count). The fraction of sp³-hybridized carbons (Fsp3) is 0.200. The molecule has 2 heterocycles. The number of carboxylic acid groups (broad SMARTS) is 1. The predicted molar refractivity (Wildman–Crippen MR) is 238 cm³/mol. The van der Waals surface area contributed by atoms with Gasteiger partial charge in [-0.25, -0.2) is 13.1 Å². The van der Waals surface area contributed by atoms with Crippen LogP contribution in [0.4, 0.5) is 0 Å². The van der Waals surface area contributed by atoms with E-state index in [9.17, 15) is 18.0 Å². The summed E-state index contributed by atoms with van der Waals surface area (Å²) in [6, 6.07) is 42.9. The van der Waals surface area contributed by atoms with Crippen molar-refractivity contribution in [3.05, 3.63) is 174 Å². The number of furan rings is 2. The summed E-state index contributed by atoms with van der Waals surface area (Å²) in [6.45, 7) is 4.38. The number of methoxy groups -OCH3 is 2. The monoisotopic (exact) mass is 871 g/mol. The summed E-state index contributed by atoms with van der Waals surface area (Å²) >= 11 is 0. The van der Waals surface area contributed by atoms with Gasteiger partial charge in [0.15, 0.2) is 0 Å². The van der Waals surface area contributed by atoms with Crippen molar-refractivity contribution in [2.45, 2.75) is 57.6 Å². The summed E-state index contributed by atoms with van der Waals surface area (Å²) in [5.74, 6) is 4.41. The van der Waals surface area contributed by atoms with Gasteiger partial charge in [0.05, 0.1) is 25.5 Å². The largest absolute Gasteiger partial charge is 0.497 e. The molecule has 12 nitrogen and oxygen atoms in total. The topological polar surface area (TPSA) is 164 Å². The van der Waals surface area contributed by atoms with Gasteiger partial charge >= 0.3 is 5.97 Å². The zero-order chi connectivity index (χ0) is 44.8. The number of nitrogens with one attached hydrogen (secondary N) is 1. The van der Waals surface area contributed by atoms with Crippen molar-refractivity contribution in [2.75, 3.05) is 14.2 Å². The van der Waals surface area contributed by atoms with Crippen LogP contribution in [0.1, 0.15) is 47.0 Å². The van der Waals surface area contributed by atoms with Gasteiger partial charge in [0.2, 0.25) is 5.91 Å². The lowest BCUT2D eigenvalue weighted by Crippen LogP contribution is -2.30. The number of carbonyl (C=O) groups excluding carboxylic acids is 1. The minimum Gasteiger partial charge on any atom is -0.497 e. The first-order chi connectivity index (χ1) is 30.4. The van der Waals surface area contributed by atoms with Gasteiger partial charge in [-0.3, -0.25) is 9.59 Å². The molecule has 0 spiro atoms. The van der Waals surface area contributed by atoms with Crippen molar-refractivity contribution in [3.8, 4) is 45.3 Å². The first-order valence-corrected chi connectivity index (χ1v) is 21.6. The minimum absolute atomic E-state index is 0.0217. The third-order valence-electron chi connectivity index (χ3n) is 9.97. The number of carboxylic acids is 1. The maximum absolute atomic E-state index is 12.3. The molecule has 0 saturated carbocycles. The lowest BCUT2D eigenvalue weighted by molar-refractivity contribution is -0.137. The average molecular weight is 872 g/mol. The third kappa shape index (κ3) is 13.1. The summed E-state index contributed by atoms with van der Waals surface area (Å²) in [7, 11) is -0.594. The van der Waals surface area contributed by atoms with Crippen LogP contribution in [0.2, 0.25) is 0 Å². The number of hydrogen-bond donors (Lipinski definition) is 2. The highest BCUT2D eigenvalue weighted by molar-refractivity contribution is 7.90. The first kappa shape index (κ1) is 45.3. The Kier molecular flexibility index (Phi) is 15.5. The Morgan fingerprint density at radius 2 is 0.937 bits per heavy atom. The van der Waals surface area contributed by atoms with E-state index in [1.807, 2.05) is 123 Å². The van der Waals surface area contributed by atoms with Crippen LogP contribution in [-0.4, -0.2) is 39.6 Å². The van der Waals surface area contributed by atoms with Gasteiger partial charge in [0.1, 0.15) is 59.3 Å². The third-order valence-corrected chi connectivity index (χ3v) is 11.4. The zero-order valence-electron chi connectivity index (χ0n) is 35.5. The molecule has 0 aliphatic rings. The molecule has 7 aromatic rings. The number of rotatable bonds is 18. The Bertz CT molecular complexity index is 2670. The van der Waals surface area contributed by atoms with Gasteiger partial charge in [-0.15, -0.1) is 0 Å². The number of ether oxygens (including phenoxy) is 4. The molecule has 13 heteroatoms. The molecular weight excluding hydrogens is 823 g/mol. The zero-order valence-corrected chi connectivity index (χ0v) is 36.3. The molecule has 0 aliphatic carbocycles. The van der Waals surface area contributed by atoms with Crippen LogP contribution in [-0.2, 0) is 45.7 Å². The van der Waals surface area contributed by atoms with Crippen molar-refractivity contribution in [3.63, 3.8) is 0 Å². The van der Waals surface area contributed by atoms with Gasteiger partial charge in [0, 0.05) is 30.4 Å². The second-order valence-electron chi connectivity index (χ2n) is 14.4. The molecule has 1 amide bonds. The molecule has 5 aromatic carbocycles. The second-order valence-corrected chi connectivity index (χ2v) is 16.1. The van der Waals surface area contributed by atoms with Crippen molar-refractivity contribution in [1.82, 2.24) is 4.72 Å². The second kappa shape index (κ2) is 21.5. The standard InChI is InChI=1S/C28H27NO6S.C22H22O5/c1-20-23(19-34-25-14-10-22(11-15-25)21-8-12-24(33-2)13-9-21)18-26(35-20)16-17-28(30)29-36(31,32)27-6-4-3-5-7-27;1-15-18(13-21(27-15)11-12-22(23)24)14-26-20-9-5-17(6-10-20)16-3-7-19(25-2)8-4-16/h3-15,18H,16-17,19H2,1-2H3,(H,29,30);3-10,13H,11-12,14H2,1-2H3,(H,23,24). The highest BCUT2D eigenvalue weighted by Gasteiger charge is 2.18. The van der Waals surface area contributed by atoms with Crippen molar-refractivity contribution in [1.29, 1.82) is 0 Å². The number of amides is 1. The Hall–Kier alpha value is -7.25. The van der Waals surface area contributed by atoms with Crippen LogP contribution in [0.15, 0.2) is 153 Å². The molecule has 0 unspecified atom stereocenters. The maximum atomic E-state index is 12.3. The Morgan fingerprint density at radius 3 is 1.32 bits per heavy atom. The van der Waals surface area contributed by atoms with E-state index < -0.39 is 21.9 Å². The summed E-state index contributed by atoms with van der Waals surface area (Å²) in [5.41, 5.74) is 6.14. The van der Waals surface area contributed by atoms with Crippen LogP contribution in [0.25, 0.3) is 22.3 Å². The molecular formula is C50H49NO11S. The van der Waals surface area contributed by atoms with E-state index in [2.05, 4.69) is 4.72 Å². The smallest absolute Gasteiger partial charge is 0.303 e. The number of sulfonamides is 1. The lowest BCUT2D eigenvalue weighted by atomic mass is 10.1. The van der Waals surface area contributed by atoms with E-state index >= 15 is 0 Å². The number of aliphatic carboxylic acids is 1. The molecule has 2 aromatic heterocycles. The van der Waals surface area contributed by atoms with Crippen molar-refractivity contribution < 1.29 is 50.9 Å². The predicted octanol–water partition coefficient (Wildman–Crippen LogP) is 10.1. The Labute approximate surface area is 367 Å². The summed E-state index contributed by atoms with van der Waals surface area (Å²) in [4.78, 5) is 22.9. The number of hydrogen-bond acceptors (Lipinski definition) is 10. The van der Waals surface area contributed by atoms with Gasteiger partial charge in [-0.1, -0.05) is 66.7 Å². The quantitative estimate of drug-likeness (QED) is 0.0844. The Morgan fingerprint density at radius 1 is 0.556 bits per heavy atom.